The number of rotatable bonds is 3. The van der Waals surface area contributed by atoms with Crippen LogP contribution in [0.4, 0.5) is 17.2 Å². The van der Waals surface area contributed by atoms with Gasteiger partial charge in [-0.25, -0.2) is 4.98 Å². The Labute approximate surface area is 121 Å². The maximum atomic E-state index is 12.2. The van der Waals surface area contributed by atoms with Crippen LogP contribution in [0, 0.1) is 24.0 Å². The van der Waals surface area contributed by atoms with Crippen LogP contribution in [0.5, 0.6) is 0 Å². The van der Waals surface area contributed by atoms with E-state index in [0.717, 1.165) is 23.4 Å². The SMILES string of the molecule is Cc1ccc(C)c(NC(=O)c2cc([N+](=O)[O-])cnc2N)c1. The van der Waals surface area contributed by atoms with Gasteiger partial charge in [-0.05, 0) is 31.0 Å². The number of nitrogens with one attached hydrogen (secondary N) is 1. The van der Waals surface area contributed by atoms with Crippen LogP contribution < -0.4 is 11.1 Å². The summed E-state index contributed by atoms with van der Waals surface area (Å²) >= 11 is 0. The highest BCUT2D eigenvalue weighted by atomic mass is 16.6. The average molecular weight is 286 g/mol. The molecule has 3 N–H and O–H groups in total. The van der Waals surface area contributed by atoms with Crippen molar-refractivity contribution in [1.82, 2.24) is 4.98 Å². The minimum absolute atomic E-state index is 0.0230. The number of benzene rings is 1. The summed E-state index contributed by atoms with van der Waals surface area (Å²) in [6.07, 6.45) is 1.02. The number of amides is 1. The van der Waals surface area contributed by atoms with Gasteiger partial charge in [0.25, 0.3) is 11.6 Å². The van der Waals surface area contributed by atoms with Crippen LogP contribution >= 0.6 is 0 Å². The molecule has 1 aromatic heterocycles. The molecule has 7 nitrogen and oxygen atoms in total. The van der Waals surface area contributed by atoms with Gasteiger partial charge in [0.05, 0.1) is 10.5 Å². The lowest BCUT2D eigenvalue weighted by molar-refractivity contribution is -0.385. The third-order valence-corrected chi connectivity index (χ3v) is 3.00. The predicted octanol–water partition coefficient (Wildman–Crippen LogP) is 2.44. The van der Waals surface area contributed by atoms with E-state index in [2.05, 4.69) is 10.3 Å². The normalized spacial score (nSPS) is 10.2. The molecular formula is C14H14N4O3. The Morgan fingerprint density at radius 1 is 1.33 bits per heavy atom. The molecular weight excluding hydrogens is 272 g/mol. The first-order valence-electron chi connectivity index (χ1n) is 6.17. The van der Waals surface area contributed by atoms with Crippen molar-refractivity contribution in [2.75, 3.05) is 11.1 Å². The fourth-order valence-electron chi connectivity index (χ4n) is 1.81. The molecule has 7 heteroatoms. The molecule has 0 spiro atoms. The third kappa shape index (κ3) is 3.14. The zero-order valence-corrected chi connectivity index (χ0v) is 11.6. The van der Waals surface area contributed by atoms with E-state index >= 15 is 0 Å². The van der Waals surface area contributed by atoms with Crippen LogP contribution in [0.1, 0.15) is 21.5 Å². The van der Waals surface area contributed by atoms with Crippen molar-refractivity contribution in [3.8, 4) is 0 Å². The van der Waals surface area contributed by atoms with Gasteiger partial charge in [0, 0.05) is 11.8 Å². The summed E-state index contributed by atoms with van der Waals surface area (Å²) < 4.78 is 0. The van der Waals surface area contributed by atoms with Crippen molar-refractivity contribution in [3.63, 3.8) is 0 Å². The van der Waals surface area contributed by atoms with Crippen LogP contribution in [-0.4, -0.2) is 15.8 Å². The number of carbonyl (C=O) groups excluding carboxylic acids is 1. The highest BCUT2D eigenvalue weighted by Crippen LogP contribution is 2.21. The molecule has 0 aliphatic carbocycles. The Balaban J connectivity index is 2.34. The number of nitrogen functional groups attached to an aromatic ring is 1. The minimum atomic E-state index is -0.624. The van der Waals surface area contributed by atoms with Crippen molar-refractivity contribution in [1.29, 1.82) is 0 Å². The number of nitro groups is 1. The average Bonchev–Trinajstić information content (AvgIpc) is 2.43. The van der Waals surface area contributed by atoms with Crippen LogP contribution in [0.15, 0.2) is 30.5 Å². The van der Waals surface area contributed by atoms with E-state index in [1.54, 1.807) is 0 Å². The van der Waals surface area contributed by atoms with Crippen LogP contribution in [-0.2, 0) is 0 Å². The van der Waals surface area contributed by atoms with Gasteiger partial charge < -0.3 is 11.1 Å². The second-order valence-electron chi connectivity index (χ2n) is 4.66. The molecule has 0 atom stereocenters. The molecule has 0 radical (unpaired) electrons. The molecule has 108 valence electrons. The van der Waals surface area contributed by atoms with Crippen molar-refractivity contribution >= 4 is 23.1 Å². The monoisotopic (exact) mass is 286 g/mol. The number of aromatic nitrogens is 1. The first kappa shape index (κ1) is 14.4. The molecule has 0 saturated carbocycles. The van der Waals surface area contributed by atoms with Gasteiger partial charge in [0.2, 0.25) is 0 Å². The fraction of sp³-hybridized carbons (Fsp3) is 0.143. The molecule has 1 aromatic carbocycles. The van der Waals surface area contributed by atoms with Crippen LogP contribution in [0.25, 0.3) is 0 Å². The summed E-state index contributed by atoms with van der Waals surface area (Å²) in [5, 5.41) is 13.4. The zero-order chi connectivity index (χ0) is 15.6. The number of aryl methyl sites for hydroxylation is 2. The third-order valence-electron chi connectivity index (χ3n) is 3.00. The lowest BCUT2D eigenvalue weighted by Crippen LogP contribution is -2.16. The van der Waals surface area contributed by atoms with E-state index in [1.165, 1.54) is 0 Å². The molecule has 0 fully saturated rings. The van der Waals surface area contributed by atoms with E-state index in [0.29, 0.717) is 5.69 Å². The van der Waals surface area contributed by atoms with Crippen LogP contribution in [0.2, 0.25) is 0 Å². The first-order valence-corrected chi connectivity index (χ1v) is 6.17. The van der Waals surface area contributed by atoms with Gasteiger partial charge in [0.1, 0.15) is 12.0 Å². The number of hydrogen-bond donors (Lipinski definition) is 2. The van der Waals surface area contributed by atoms with Crippen molar-refractivity contribution in [2.45, 2.75) is 13.8 Å². The summed E-state index contributed by atoms with van der Waals surface area (Å²) in [5.74, 6) is -0.583. The van der Waals surface area contributed by atoms with Gasteiger partial charge in [-0.2, -0.15) is 0 Å². The minimum Gasteiger partial charge on any atom is -0.383 e. The van der Waals surface area contributed by atoms with E-state index in [1.807, 2.05) is 32.0 Å². The topological polar surface area (TPSA) is 111 Å². The van der Waals surface area contributed by atoms with Gasteiger partial charge in [-0.15, -0.1) is 0 Å². The van der Waals surface area contributed by atoms with Crippen molar-refractivity contribution in [2.24, 2.45) is 0 Å². The summed E-state index contributed by atoms with van der Waals surface area (Å²) in [7, 11) is 0. The smallest absolute Gasteiger partial charge is 0.288 e. The van der Waals surface area contributed by atoms with E-state index in [9.17, 15) is 14.9 Å². The van der Waals surface area contributed by atoms with Gasteiger partial charge >= 0.3 is 0 Å². The lowest BCUT2D eigenvalue weighted by Gasteiger charge is -2.10. The second-order valence-corrected chi connectivity index (χ2v) is 4.66. The number of pyridine rings is 1. The predicted molar refractivity (Wildman–Crippen MR) is 79.2 cm³/mol. The molecule has 1 amide bonds. The van der Waals surface area contributed by atoms with Gasteiger partial charge in [-0.1, -0.05) is 12.1 Å². The number of nitrogens with two attached hydrogens (primary N) is 1. The molecule has 0 aliphatic heterocycles. The number of carbonyl (C=O) groups is 1. The number of anilines is 2. The molecule has 21 heavy (non-hydrogen) atoms. The molecule has 2 rings (SSSR count). The molecule has 0 unspecified atom stereocenters. The number of nitrogens with zero attached hydrogens (tertiary/aromatic N) is 2. The fourth-order valence-corrected chi connectivity index (χ4v) is 1.81. The number of hydrogen-bond acceptors (Lipinski definition) is 5. The maximum absolute atomic E-state index is 12.2. The Kier molecular flexibility index (Phi) is 3.84. The molecule has 0 saturated heterocycles. The summed E-state index contributed by atoms with van der Waals surface area (Å²) in [4.78, 5) is 26.0. The Morgan fingerprint density at radius 2 is 2.05 bits per heavy atom. The van der Waals surface area contributed by atoms with Crippen LogP contribution in [0.3, 0.4) is 0 Å². The Morgan fingerprint density at radius 3 is 2.71 bits per heavy atom. The highest BCUT2D eigenvalue weighted by molar-refractivity contribution is 6.07. The van der Waals surface area contributed by atoms with E-state index in [4.69, 9.17) is 5.73 Å². The lowest BCUT2D eigenvalue weighted by atomic mass is 10.1. The van der Waals surface area contributed by atoms with Crippen molar-refractivity contribution in [3.05, 3.63) is 57.3 Å². The Hall–Kier alpha value is -2.96. The highest BCUT2D eigenvalue weighted by Gasteiger charge is 2.17. The van der Waals surface area contributed by atoms with Crippen molar-refractivity contribution < 1.29 is 9.72 Å². The standard InChI is InChI=1S/C14H14N4O3/c1-8-3-4-9(2)12(5-8)17-14(19)11-6-10(18(20)21)7-16-13(11)15/h3-7H,1-2H3,(H2,15,16)(H,17,19). The molecule has 0 bridgehead atoms. The maximum Gasteiger partial charge on any atom is 0.288 e. The summed E-state index contributed by atoms with van der Waals surface area (Å²) in [6.45, 7) is 3.75. The van der Waals surface area contributed by atoms with E-state index < -0.39 is 10.8 Å². The first-order chi connectivity index (χ1) is 9.88. The second kappa shape index (κ2) is 5.58. The largest absolute Gasteiger partial charge is 0.383 e. The summed E-state index contributed by atoms with van der Waals surface area (Å²) in [6, 6.07) is 6.73. The molecule has 0 aliphatic rings. The molecule has 1 heterocycles. The van der Waals surface area contributed by atoms with Gasteiger partial charge in [0.15, 0.2) is 0 Å². The van der Waals surface area contributed by atoms with Gasteiger partial charge in [-0.3, -0.25) is 14.9 Å². The summed E-state index contributed by atoms with van der Waals surface area (Å²) in [5.41, 5.74) is 7.81. The molecule has 2 aromatic rings. The van der Waals surface area contributed by atoms with E-state index in [-0.39, 0.29) is 17.1 Å². The quantitative estimate of drug-likeness (QED) is 0.665. The Bertz CT molecular complexity index is 728. The zero-order valence-electron chi connectivity index (χ0n) is 11.6.